The van der Waals surface area contributed by atoms with Crippen molar-refractivity contribution in [3.05, 3.63) is 29.8 Å². The summed E-state index contributed by atoms with van der Waals surface area (Å²) in [5.74, 6) is -1.00. The number of fused-ring (bicyclic) bond motifs is 1. The molecule has 0 aromatic heterocycles. The number of carbonyl (C=O) groups is 1. The summed E-state index contributed by atoms with van der Waals surface area (Å²) in [4.78, 5) is 11.0. The van der Waals surface area contributed by atoms with Crippen molar-refractivity contribution in [1.82, 2.24) is 0 Å². The van der Waals surface area contributed by atoms with Gasteiger partial charge >= 0.3 is 12.1 Å². The van der Waals surface area contributed by atoms with Crippen LogP contribution in [-0.2, 0) is 4.79 Å². The molecule has 0 bridgehead atoms. The van der Waals surface area contributed by atoms with Gasteiger partial charge in [-0.05, 0) is 23.8 Å². The number of hydrogen-bond acceptors (Lipinski definition) is 4. The van der Waals surface area contributed by atoms with E-state index in [-0.39, 0.29) is 10.9 Å². The molecule has 9 heteroatoms. The Labute approximate surface area is 134 Å². The van der Waals surface area contributed by atoms with Gasteiger partial charge in [0.1, 0.15) is 5.75 Å². The van der Waals surface area contributed by atoms with Gasteiger partial charge < -0.3 is 15.8 Å². The van der Waals surface area contributed by atoms with Crippen LogP contribution in [0.1, 0.15) is 12.0 Å². The van der Waals surface area contributed by atoms with Crippen molar-refractivity contribution in [3.63, 3.8) is 0 Å². The molecule has 0 atom stereocenters. The molecule has 4 N–H and O–H groups in total. The summed E-state index contributed by atoms with van der Waals surface area (Å²) in [5, 5.41) is 8.97. The summed E-state index contributed by atoms with van der Waals surface area (Å²) in [6.07, 6.45) is -2.51. The van der Waals surface area contributed by atoms with Gasteiger partial charge in [0.2, 0.25) is 0 Å². The predicted molar refractivity (Wildman–Crippen MR) is 83.6 cm³/mol. The smallest absolute Gasteiger partial charge is 0.471 e. The third-order valence-electron chi connectivity index (χ3n) is 3.04. The molecule has 1 aromatic carbocycles. The second-order valence-corrected chi connectivity index (χ2v) is 5.73. The highest BCUT2D eigenvalue weighted by atomic mass is 32.2. The number of amides is 1. The molecule has 2 rings (SSSR count). The van der Waals surface area contributed by atoms with Crippen LogP contribution in [0.4, 0.5) is 18.9 Å². The van der Waals surface area contributed by atoms with Crippen LogP contribution in [0.5, 0.6) is 5.75 Å². The topological polar surface area (TPSA) is 88.2 Å². The second-order valence-electron chi connectivity index (χ2n) is 4.67. The lowest BCUT2D eigenvalue weighted by molar-refractivity contribution is -0.167. The Morgan fingerprint density at radius 1 is 1.48 bits per heavy atom. The molecular formula is C14H14F3N3O2S. The van der Waals surface area contributed by atoms with E-state index >= 15 is 0 Å². The van der Waals surface area contributed by atoms with Crippen LogP contribution in [0.3, 0.4) is 0 Å². The number of rotatable bonds is 3. The lowest BCUT2D eigenvalue weighted by atomic mass is 9.99. The second kappa shape index (κ2) is 6.95. The third kappa shape index (κ3) is 4.65. The van der Waals surface area contributed by atoms with Gasteiger partial charge in [0.05, 0.1) is 6.61 Å². The number of anilines is 1. The van der Waals surface area contributed by atoms with E-state index < -0.39 is 12.1 Å². The van der Waals surface area contributed by atoms with Crippen molar-refractivity contribution < 1.29 is 22.7 Å². The first kappa shape index (κ1) is 17.2. The number of ether oxygens (including phenoxy) is 1. The standard InChI is InChI=1S/C14H14F3N3O2S/c15-14(16,17)12(21)20-9-1-2-11-10(7-9)8(3-5-22-11)4-6-23-13(18)19/h1-2,4,7H,3,5-6H2,(H3,18,19)(H,20,21). The van der Waals surface area contributed by atoms with Crippen molar-refractivity contribution >= 4 is 34.1 Å². The summed E-state index contributed by atoms with van der Waals surface area (Å²) in [6, 6.07) is 4.32. The van der Waals surface area contributed by atoms with Crippen molar-refractivity contribution in [2.45, 2.75) is 12.6 Å². The molecule has 0 aliphatic carbocycles. The van der Waals surface area contributed by atoms with Crippen LogP contribution in [0.2, 0.25) is 0 Å². The molecule has 1 aromatic rings. The minimum atomic E-state index is -4.94. The number of halogens is 3. The van der Waals surface area contributed by atoms with Crippen molar-refractivity contribution in [3.8, 4) is 5.75 Å². The number of alkyl halides is 3. The number of hydrogen-bond donors (Lipinski definition) is 3. The van der Waals surface area contributed by atoms with Crippen LogP contribution >= 0.6 is 11.8 Å². The fourth-order valence-corrected chi connectivity index (χ4v) is 2.50. The van der Waals surface area contributed by atoms with Crippen LogP contribution < -0.4 is 15.8 Å². The lowest BCUT2D eigenvalue weighted by Crippen LogP contribution is -2.30. The van der Waals surface area contributed by atoms with E-state index in [1.165, 1.54) is 18.2 Å². The van der Waals surface area contributed by atoms with Crippen molar-refractivity contribution in [2.75, 3.05) is 17.7 Å². The number of benzene rings is 1. The average Bonchev–Trinajstić information content (AvgIpc) is 2.46. The molecule has 0 unspecified atom stereocenters. The summed E-state index contributed by atoms with van der Waals surface area (Å²) in [6.45, 7) is 0.456. The maximum Gasteiger partial charge on any atom is 0.471 e. The van der Waals surface area contributed by atoms with Gasteiger partial charge in [-0.25, -0.2) is 0 Å². The zero-order valence-electron chi connectivity index (χ0n) is 11.9. The zero-order chi connectivity index (χ0) is 17.0. The highest BCUT2D eigenvalue weighted by Crippen LogP contribution is 2.35. The average molecular weight is 345 g/mol. The van der Waals surface area contributed by atoms with Gasteiger partial charge in [-0.15, -0.1) is 0 Å². The van der Waals surface area contributed by atoms with Gasteiger partial charge in [-0.1, -0.05) is 17.8 Å². The van der Waals surface area contributed by atoms with E-state index in [0.29, 0.717) is 30.1 Å². The molecule has 1 heterocycles. The van der Waals surface area contributed by atoms with E-state index in [2.05, 4.69) is 0 Å². The fourth-order valence-electron chi connectivity index (χ4n) is 2.04. The first-order valence-electron chi connectivity index (χ1n) is 6.58. The van der Waals surface area contributed by atoms with Crippen molar-refractivity contribution in [2.24, 2.45) is 5.73 Å². The number of amidine groups is 1. The normalized spacial score (nSPS) is 15.7. The first-order chi connectivity index (χ1) is 10.8. The molecule has 1 amide bonds. The molecular weight excluding hydrogens is 331 g/mol. The summed E-state index contributed by atoms with van der Waals surface area (Å²) < 4.78 is 42.4. The predicted octanol–water partition coefficient (Wildman–Crippen LogP) is 2.98. The number of carbonyl (C=O) groups excluding carboxylic acids is 1. The fraction of sp³-hybridized carbons (Fsp3) is 0.286. The van der Waals surface area contributed by atoms with Gasteiger partial charge in [0.15, 0.2) is 5.17 Å². The first-order valence-corrected chi connectivity index (χ1v) is 7.57. The summed E-state index contributed by atoms with van der Waals surface area (Å²) in [5.41, 5.74) is 6.81. The van der Waals surface area contributed by atoms with Gasteiger partial charge in [-0.3, -0.25) is 10.2 Å². The van der Waals surface area contributed by atoms with Gasteiger partial charge in [-0.2, -0.15) is 13.2 Å². The molecule has 1 aliphatic rings. The van der Waals surface area contributed by atoms with E-state index in [4.69, 9.17) is 15.9 Å². The molecule has 0 saturated carbocycles. The van der Waals surface area contributed by atoms with Crippen LogP contribution in [0, 0.1) is 5.41 Å². The number of nitrogens with one attached hydrogen (secondary N) is 2. The molecule has 0 radical (unpaired) electrons. The minimum absolute atomic E-state index is 0.0136. The Morgan fingerprint density at radius 2 is 2.22 bits per heavy atom. The van der Waals surface area contributed by atoms with E-state index in [1.807, 2.05) is 11.4 Å². The van der Waals surface area contributed by atoms with Crippen LogP contribution in [0.15, 0.2) is 24.3 Å². The van der Waals surface area contributed by atoms with Gasteiger partial charge in [0.25, 0.3) is 0 Å². The SMILES string of the molecule is N=C(N)SCC=C1CCOc2ccc(NC(=O)C(F)(F)F)cc21. The van der Waals surface area contributed by atoms with Crippen LogP contribution in [0.25, 0.3) is 5.57 Å². The molecule has 0 fully saturated rings. The number of nitrogens with two attached hydrogens (primary N) is 1. The van der Waals surface area contributed by atoms with E-state index in [9.17, 15) is 18.0 Å². The molecule has 0 saturated heterocycles. The lowest BCUT2D eigenvalue weighted by Gasteiger charge is -2.21. The monoisotopic (exact) mass is 345 g/mol. The largest absolute Gasteiger partial charge is 0.493 e. The van der Waals surface area contributed by atoms with Gasteiger partial charge in [0, 0.05) is 23.4 Å². The quantitative estimate of drug-likeness (QED) is 0.580. The maximum atomic E-state index is 12.3. The zero-order valence-corrected chi connectivity index (χ0v) is 12.7. The molecule has 1 aliphatic heterocycles. The Hall–Kier alpha value is -2.16. The third-order valence-corrected chi connectivity index (χ3v) is 3.68. The maximum absolute atomic E-state index is 12.3. The minimum Gasteiger partial charge on any atom is -0.493 e. The summed E-state index contributed by atoms with van der Waals surface area (Å²) >= 11 is 1.14. The summed E-state index contributed by atoms with van der Waals surface area (Å²) in [7, 11) is 0. The Bertz CT molecular complexity index is 659. The van der Waals surface area contributed by atoms with E-state index in [1.54, 1.807) is 0 Å². The van der Waals surface area contributed by atoms with E-state index in [0.717, 1.165) is 17.3 Å². The Balaban J connectivity index is 2.22. The molecule has 5 nitrogen and oxygen atoms in total. The highest BCUT2D eigenvalue weighted by Gasteiger charge is 2.38. The van der Waals surface area contributed by atoms with Crippen molar-refractivity contribution in [1.29, 1.82) is 5.41 Å². The highest BCUT2D eigenvalue weighted by molar-refractivity contribution is 8.13. The molecule has 23 heavy (non-hydrogen) atoms. The Morgan fingerprint density at radius 3 is 2.87 bits per heavy atom. The molecule has 0 spiro atoms. The molecule has 124 valence electrons. The number of thioether (sulfide) groups is 1. The Kier molecular flexibility index (Phi) is 5.19. The van der Waals surface area contributed by atoms with Crippen LogP contribution in [-0.4, -0.2) is 29.6 Å².